The zero-order valence-corrected chi connectivity index (χ0v) is 11.4. The highest BCUT2D eigenvalue weighted by Gasteiger charge is 2.39. The smallest absolute Gasteiger partial charge is 0.114 e. The zero-order chi connectivity index (χ0) is 11.9. The number of hydrogen-bond donors (Lipinski definition) is 1. The SMILES string of the molecule is Cc1nc(C2(N)CCN(C(C)C)C2)sc1C. The molecule has 1 aromatic rings. The second-order valence-electron chi connectivity index (χ2n) is 5.13. The van der Waals surface area contributed by atoms with Gasteiger partial charge in [-0.25, -0.2) is 4.98 Å². The zero-order valence-electron chi connectivity index (χ0n) is 10.6. The van der Waals surface area contributed by atoms with E-state index in [1.54, 1.807) is 11.3 Å². The van der Waals surface area contributed by atoms with E-state index in [0.717, 1.165) is 30.2 Å². The molecular weight excluding hydrogens is 218 g/mol. The molecule has 2 heterocycles. The van der Waals surface area contributed by atoms with Gasteiger partial charge in [-0.15, -0.1) is 11.3 Å². The maximum atomic E-state index is 6.50. The molecular formula is C12H21N3S. The molecule has 0 aliphatic carbocycles. The predicted molar refractivity (Wildman–Crippen MR) is 68.8 cm³/mol. The first-order valence-corrected chi connectivity index (χ1v) is 6.71. The number of rotatable bonds is 2. The summed E-state index contributed by atoms with van der Waals surface area (Å²) in [6.45, 7) is 10.7. The van der Waals surface area contributed by atoms with E-state index >= 15 is 0 Å². The van der Waals surface area contributed by atoms with E-state index in [1.807, 2.05) is 0 Å². The summed E-state index contributed by atoms with van der Waals surface area (Å²) < 4.78 is 0. The minimum Gasteiger partial charge on any atom is -0.318 e. The lowest BCUT2D eigenvalue weighted by Crippen LogP contribution is -2.41. The Morgan fingerprint density at radius 3 is 2.56 bits per heavy atom. The van der Waals surface area contributed by atoms with Crippen LogP contribution in [0.3, 0.4) is 0 Å². The van der Waals surface area contributed by atoms with Gasteiger partial charge in [-0.1, -0.05) is 0 Å². The number of thiazole rings is 1. The summed E-state index contributed by atoms with van der Waals surface area (Å²) in [5, 5.41) is 1.12. The van der Waals surface area contributed by atoms with Gasteiger partial charge in [0.25, 0.3) is 0 Å². The topological polar surface area (TPSA) is 42.1 Å². The van der Waals surface area contributed by atoms with Crippen LogP contribution in [0.1, 0.15) is 35.8 Å². The summed E-state index contributed by atoms with van der Waals surface area (Å²) in [7, 11) is 0. The molecule has 16 heavy (non-hydrogen) atoms. The van der Waals surface area contributed by atoms with Crippen molar-refractivity contribution in [2.24, 2.45) is 5.73 Å². The van der Waals surface area contributed by atoms with E-state index in [9.17, 15) is 0 Å². The summed E-state index contributed by atoms with van der Waals surface area (Å²) in [5.74, 6) is 0. The van der Waals surface area contributed by atoms with Crippen LogP contribution in [0.4, 0.5) is 0 Å². The fourth-order valence-corrected chi connectivity index (χ4v) is 3.20. The first kappa shape index (κ1) is 12.0. The van der Waals surface area contributed by atoms with Gasteiger partial charge in [-0.3, -0.25) is 4.90 Å². The third-order valence-electron chi connectivity index (χ3n) is 3.52. The lowest BCUT2D eigenvalue weighted by Gasteiger charge is -2.24. The molecule has 2 rings (SSSR count). The van der Waals surface area contributed by atoms with E-state index in [1.165, 1.54) is 4.88 Å². The number of aryl methyl sites for hydroxylation is 2. The maximum Gasteiger partial charge on any atom is 0.114 e. The third kappa shape index (κ3) is 2.01. The van der Waals surface area contributed by atoms with Gasteiger partial charge in [0.05, 0.1) is 11.2 Å². The van der Waals surface area contributed by atoms with Crippen LogP contribution >= 0.6 is 11.3 Å². The van der Waals surface area contributed by atoms with E-state index in [0.29, 0.717) is 6.04 Å². The first-order valence-electron chi connectivity index (χ1n) is 5.90. The van der Waals surface area contributed by atoms with E-state index in [2.05, 4.69) is 37.6 Å². The Hall–Kier alpha value is -0.450. The van der Waals surface area contributed by atoms with Crippen molar-refractivity contribution in [3.63, 3.8) is 0 Å². The average molecular weight is 239 g/mol. The number of hydrogen-bond acceptors (Lipinski definition) is 4. The third-order valence-corrected chi connectivity index (χ3v) is 4.81. The van der Waals surface area contributed by atoms with E-state index in [-0.39, 0.29) is 5.54 Å². The molecule has 0 amide bonds. The van der Waals surface area contributed by atoms with Gasteiger partial charge >= 0.3 is 0 Å². The van der Waals surface area contributed by atoms with Gasteiger partial charge in [0, 0.05) is 24.0 Å². The van der Waals surface area contributed by atoms with Crippen LogP contribution in [0, 0.1) is 13.8 Å². The van der Waals surface area contributed by atoms with Crippen molar-refractivity contribution >= 4 is 11.3 Å². The van der Waals surface area contributed by atoms with Crippen molar-refractivity contribution in [1.29, 1.82) is 0 Å². The molecule has 1 aliphatic rings. The highest BCUT2D eigenvalue weighted by atomic mass is 32.1. The van der Waals surface area contributed by atoms with Gasteiger partial charge in [-0.05, 0) is 34.1 Å². The van der Waals surface area contributed by atoms with Crippen LogP contribution in [-0.4, -0.2) is 29.0 Å². The van der Waals surface area contributed by atoms with Crippen LogP contribution in [0.25, 0.3) is 0 Å². The molecule has 90 valence electrons. The minimum absolute atomic E-state index is 0.214. The summed E-state index contributed by atoms with van der Waals surface area (Å²) in [5.41, 5.74) is 7.41. The molecule has 0 aromatic carbocycles. The predicted octanol–water partition coefficient (Wildman–Crippen LogP) is 2.03. The Labute approximate surface area is 102 Å². The Morgan fingerprint density at radius 2 is 2.12 bits per heavy atom. The van der Waals surface area contributed by atoms with Gasteiger partial charge in [-0.2, -0.15) is 0 Å². The van der Waals surface area contributed by atoms with Crippen LogP contribution in [0.15, 0.2) is 0 Å². The standard InChI is InChI=1S/C12H21N3S/c1-8(2)15-6-5-12(13,7-15)11-14-9(3)10(4)16-11/h8H,5-7,13H2,1-4H3. The van der Waals surface area contributed by atoms with Crippen molar-refractivity contribution in [2.75, 3.05) is 13.1 Å². The Kier molecular flexibility index (Phi) is 3.07. The van der Waals surface area contributed by atoms with Crippen molar-refractivity contribution in [3.05, 3.63) is 15.6 Å². The lowest BCUT2D eigenvalue weighted by atomic mass is 10.0. The molecule has 0 saturated carbocycles. The van der Waals surface area contributed by atoms with Crippen LogP contribution in [0.2, 0.25) is 0 Å². The number of likely N-dealkylation sites (tertiary alicyclic amines) is 1. The highest BCUT2D eigenvalue weighted by molar-refractivity contribution is 7.11. The summed E-state index contributed by atoms with van der Waals surface area (Å²) >= 11 is 1.76. The first-order chi connectivity index (χ1) is 7.42. The Morgan fingerprint density at radius 1 is 1.44 bits per heavy atom. The Balaban J connectivity index is 2.21. The Bertz CT molecular complexity index is 366. The molecule has 1 aromatic heterocycles. The molecule has 0 radical (unpaired) electrons. The maximum absolute atomic E-state index is 6.50. The monoisotopic (exact) mass is 239 g/mol. The quantitative estimate of drug-likeness (QED) is 0.858. The summed E-state index contributed by atoms with van der Waals surface area (Å²) in [6, 6.07) is 0.576. The molecule has 0 bridgehead atoms. The average Bonchev–Trinajstić information content (AvgIpc) is 2.74. The normalized spacial score (nSPS) is 26.9. The lowest BCUT2D eigenvalue weighted by molar-refractivity contribution is 0.257. The molecule has 1 aliphatic heterocycles. The van der Waals surface area contributed by atoms with Crippen LogP contribution < -0.4 is 5.73 Å². The molecule has 1 atom stereocenters. The largest absolute Gasteiger partial charge is 0.318 e. The fraction of sp³-hybridized carbons (Fsp3) is 0.750. The second kappa shape index (κ2) is 4.09. The van der Waals surface area contributed by atoms with E-state index < -0.39 is 0 Å². The van der Waals surface area contributed by atoms with Crippen LogP contribution in [0.5, 0.6) is 0 Å². The second-order valence-corrected chi connectivity index (χ2v) is 6.33. The molecule has 2 N–H and O–H groups in total. The fourth-order valence-electron chi connectivity index (χ4n) is 2.16. The number of aromatic nitrogens is 1. The highest BCUT2D eigenvalue weighted by Crippen LogP contribution is 2.34. The van der Waals surface area contributed by atoms with Crippen molar-refractivity contribution < 1.29 is 0 Å². The number of nitrogens with two attached hydrogens (primary N) is 1. The molecule has 0 spiro atoms. The summed E-state index contributed by atoms with van der Waals surface area (Å²) in [6.07, 6.45) is 1.03. The minimum atomic E-state index is -0.214. The van der Waals surface area contributed by atoms with Crippen molar-refractivity contribution in [1.82, 2.24) is 9.88 Å². The molecule has 1 unspecified atom stereocenters. The molecule has 1 fully saturated rings. The van der Waals surface area contributed by atoms with Crippen LogP contribution in [-0.2, 0) is 5.54 Å². The van der Waals surface area contributed by atoms with Gasteiger partial charge < -0.3 is 5.73 Å². The van der Waals surface area contributed by atoms with Gasteiger partial charge in [0.2, 0.25) is 0 Å². The molecule has 1 saturated heterocycles. The van der Waals surface area contributed by atoms with Gasteiger partial charge in [0.15, 0.2) is 0 Å². The molecule has 4 heteroatoms. The van der Waals surface area contributed by atoms with Crippen molar-refractivity contribution in [2.45, 2.75) is 45.7 Å². The number of nitrogens with zero attached hydrogens (tertiary/aromatic N) is 2. The van der Waals surface area contributed by atoms with Crippen molar-refractivity contribution in [3.8, 4) is 0 Å². The van der Waals surface area contributed by atoms with E-state index in [4.69, 9.17) is 5.73 Å². The molecule has 3 nitrogen and oxygen atoms in total. The van der Waals surface area contributed by atoms with Gasteiger partial charge in [0.1, 0.15) is 5.01 Å². The summed E-state index contributed by atoms with van der Waals surface area (Å²) in [4.78, 5) is 8.36.